The minimum atomic E-state index is -0.453. The Balaban J connectivity index is 1.89. The Morgan fingerprint density at radius 1 is 1.20 bits per heavy atom. The average Bonchev–Trinajstić information content (AvgIpc) is 2.58. The lowest BCUT2D eigenvalue weighted by Crippen LogP contribution is -2.35. The molecule has 0 unspecified atom stereocenters. The zero-order valence-corrected chi connectivity index (χ0v) is 14.9. The fourth-order valence-electron chi connectivity index (χ4n) is 2.19. The zero-order chi connectivity index (χ0) is 18.3. The molecule has 2 rings (SSSR count). The maximum Gasteiger partial charge on any atom is 0.228 e. The predicted octanol–water partition coefficient (Wildman–Crippen LogP) is 2.84. The number of hydrogen-bond donors (Lipinski definition) is 3. The number of benzene rings is 1. The molecule has 0 aliphatic rings. The van der Waals surface area contributed by atoms with Gasteiger partial charge in [-0.05, 0) is 50.6 Å². The zero-order valence-electron chi connectivity index (χ0n) is 14.9. The van der Waals surface area contributed by atoms with Crippen LogP contribution in [0.5, 0.6) is 5.75 Å². The normalized spacial score (nSPS) is 11.0. The molecule has 0 aliphatic carbocycles. The molecule has 2 aromatic rings. The molecule has 134 valence electrons. The third kappa shape index (κ3) is 6.08. The highest BCUT2D eigenvalue weighted by atomic mass is 16.5. The smallest absolute Gasteiger partial charge is 0.228 e. The molecule has 1 amide bonds. The molecular formula is C19H25N3O3. The number of pyridine rings is 1. The van der Waals surface area contributed by atoms with Crippen molar-refractivity contribution < 1.29 is 14.6 Å². The standard InChI is InChI=1S/C19H25N3O3/c1-4-25-16-8-5-14(6-9-16)11-18(24)21-15-7-10-17(20-12-15)22-19(2,3)13-23/h5-10,12,23H,4,11,13H2,1-3H3,(H,20,22)(H,21,24). The summed E-state index contributed by atoms with van der Waals surface area (Å²) >= 11 is 0. The molecule has 1 heterocycles. The van der Waals surface area contributed by atoms with Gasteiger partial charge >= 0.3 is 0 Å². The number of ether oxygens (including phenoxy) is 1. The van der Waals surface area contributed by atoms with E-state index in [1.54, 1.807) is 18.3 Å². The van der Waals surface area contributed by atoms with Gasteiger partial charge in [0.1, 0.15) is 11.6 Å². The van der Waals surface area contributed by atoms with Gasteiger partial charge in [-0.2, -0.15) is 0 Å². The van der Waals surface area contributed by atoms with Crippen LogP contribution in [-0.2, 0) is 11.2 Å². The van der Waals surface area contributed by atoms with E-state index in [-0.39, 0.29) is 18.9 Å². The van der Waals surface area contributed by atoms with Crippen LogP contribution < -0.4 is 15.4 Å². The lowest BCUT2D eigenvalue weighted by atomic mass is 10.1. The van der Waals surface area contributed by atoms with Gasteiger partial charge in [0.2, 0.25) is 5.91 Å². The van der Waals surface area contributed by atoms with E-state index in [4.69, 9.17) is 4.74 Å². The third-order valence-electron chi connectivity index (χ3n) is 3.51. The largest absolute Gasteiger partial charge is 0.494 e. The molecule has 0 atom stereocenters. The summed E-state index contributed by atoms with van der Waals surface area (Å²) in [5, 5.41) is 15.2. The van der Waals surface area contributed by atoms with Crippen molar-refractivity contribution in [3.8, 4) is 5.75 Å². The minimum Gasteiger partial charge on any atom is -0.494 e. The van der Waals surface area contributed by atoms with Gasteiger partial charge < -0.3 is 20.5 Å². The molecule has 1 aromatic heterocycles. The molecule has 0 aliphatic heterocycles. The topological polar surface area (TPSA) is 83.5 Å². The van der Waals surface area contributed by atoms with Crippen LogP contribution in [0.4, 0.5) is 11.5 Å². The van der Waals surface area contributed by atoms with Crippen molar-refractivity contribution in [1.82, 2.24) is 4.98 Å². The van der Waals surface area contributed by atoms with Gasteiger partial charge in [-0.25, -0.2) is 4.98 Å². The number of amides is 1. The average molecular weight is 343 g/mol. The third-order valence-corrected chi connectivity index (χ3v) is 3.51. The number of nitrogens with zero attached hydrogens (tertiary/aromatic N) is 1. The fraction of sp³-hybridized carbons (Fsp3) is 0.368. The van der Waals surface area contributed by atoms with Crippen molar-refractivity contribution in [2.45, 2.75) is 32.7 Å². The molecule has 6 nitrogen and oxygen atoms in total. The van der Waals surface area contributed by atoms with Crippen LogP contribution in [0.3, 0.4) is 0 Å². The second kappa shape index (κ2) is 8.48. The number of carbonyl (C=O) groups excluding carboxylic acids is 1. The van der Waals surface area contributed by atoms with Crippen molar-refractivity contribution in [2.24, 2.45) is 0 Å². The monoisotopic (exact) mass is 343 g/mol. The van der Waals surface area contributed by atoms with Crippen LogP contribution in [0.15, 0.2) is 42.6 Å². The molecule has 25 heavy (non-hydrogen) atoms. The highest BCUT2D eigenvalue weighted by Gasteiger charge is 2.16. The van der Waals surface area contributed by atoms with E-state index in [2.05, 4.69) is 15.6 Å². The summed E-state index contributed by atoms with van der Waals surface area (Å²) in [6, 6.07) is 11.0. The van der Waals surface area contributed by atoms with E-state index < -0.39 is 5.54 Å². The lowest BCUT2D eigenvalue weighted by molar-refractivity contribution is -0.115. The van der Waals surface area contributed by atoms with Crippen molar-refractivity contribution in [2.75, 3.05) is 23.8 Å². The van der Waals surface area contributed by atoms with Gasteiger partial charge in [-0.15, -0.1) is 0 Å². The first kappa shape index (κ1) is 18.7. The Hall–Kier alpha value is -2.60. The number of carbonyl (C=O) groups is 1. The van der Waals surface area contributed by atoms with Gasteiger partial charge in [0.05, 0.1) is 37.1 Å². The summed E-state index contributed by atoms with van der Waals surface area (Å²) in [6.45, 7) is 6.30. The number of hydrogen-bond acceptors (Lipinski definition) is 5. The Morgan fingerprint density at radius 2 is 1.92 bits per heavy atom. The molecule has 3 N–H and O–H groups in total. The number of aliphatic hydroxyl groups excluding tert-OH is 1. The van der Waals surface area contributed by atoms with Crippen LogP contribution in [0.25, 0.3) is 0 Å². The summed E-state index contributed by atoms with van der Waals surface area (Å²) in [5.41, 5.74) is 1.09. The van der Waals surface area contributed by atoms with Gasteiger partial charge in [0.25, 0.3) is 0 Å². The quantitative estimate of drug-likeness (QED) is 0.686. The summed E-state index contributed by atoms with van der Waals surface area (Å²) in [4.78, 5) is 16.4. The molecule has 0 radical (unpaired) electrons. The maximum absolute atomic E-state index is 12.1. The van der Waals surface area contributed by atoms with Crippen LogP contribution in [0.2, 0.25) is 0 Å². The highest BCUT2D eigenvalue weighted by molar-refractivity contribution is 5.92. The maximum atomic E-state index is 12.1. The molecule has 0 spiro atoms. The summed E-state index contributed by atoms with van der Waals surface area (Å²) in [6.07, 6.45) is 1.87. The first-order valence-corrected chi connectivity index (χ1v) is 8.28. The number of aromatic nitrogens is 1. The second-order valence-corrected chi connectivity index (χ2v) is 6.40. The number of nitrogens with one attached hydrogen (secondary N) is 2. The SMILES string of the molecule is CCOc1ccc(CC(=O)Nc2ccc(NC(C)(C)CO)nc2)cc1. The fourth-order valence-corrected chi connectivity index (χ4v) is 2.19. The van der Waals surface area contributed by atoms with Gasteiger partial charge in [0, 0.05) is 0 Å². The second-order valence-electron chi connectivity index (χ2n) is 6.40. The molecule has 0 saturated carbocycles. The first-order valence-electron chi connectivity index (χ1n) is 8.28. The van der Waals surface area contributed by atoms with Crippen LogP contribution in [-0.4, -0.2) is 34.8 Å². The summed E-state index contributed by atoms with van der Waals surface area (Å²) in [5.74, 6) is 1.33. The van der Waals surface area contributed by atoms with Crippen molar-refractivity contribution >= 4 is 17.4 Å². The van der Waals surface area contributed by atoms with E-state index in [0.29, 0.717) is 18.1 Å². The molecule has 6 heteroatoms. The van der Waals surface area contributed by atoms with Crippen molar-refractivity contribution in [3.05, 3.63) is 48.2 Å². The van der Waals surface area contributed by atoms with Gasteiger partial charge in [-0.3, -0.25) is 4.79 Å². The van der Waals surface area contributed by atoms with E-state index in [1.807, 2.05) is 45.0 Å². The highest BCUT2D eigenvalue weighted by Crippen LogP contribution is 2.16. The molecular weight excluding hydrogens is 318 g/mol. The Bertz CT molecular complexity index is 682. The number of aliphatic hydroxyl groups is 1. The minimum absolute atomic E-state index is 0.00471. The first-order chi connectivity index (χ1) is 11.9. The predicted molar refractivity (Wildman–Crippen MR) is 99.0 cm³/mol. The molecule has 1 aromatic carbocycles. The molecule has 0 bridgehead atoms. The molecule has 0 saturated heterocycles. The number of rotatable bonds is 8. The van der Waals surface area contributed by atoms with Crippen molar-refractivity contribution in [1.29, 1.82) is 0 Å². The van der Waals surface area contributed by atoms with E-state index >= 15 is 0 Å². The van der Waals surface area contributed by atoms with Gasteiger partial charge in [0.15, 0.2) is 0 Å². The van der Waals surface area contributed by atoms with Crippen molar-refractivity contribution in [3.63, 3.8) is 0 Å². The van der Waals surface area contributed by atoms with Gasteiger partial charge in [-0.1, -0.05) is 12.1 Å². The summed E-state index contributed by atoms with van der Waals surface area (Å²) < 4.78 is 5.38. The Kier molecular flexibility index (Phi) is 6.36. The Labute approximate surface area is 148 Å². The lowest BCUT2D eigenvalue weighted by Gasteiger charge is -2.24. The summed E-state index contributed by atoms with van der Waals surface area (Å²) in [7, 11) is 0. The number of anilines is 2. The Morgan fingerprint density at radius 3 is 2.48 bits per heavy atom. The van der Waals surface area contributed by atoms with Crippen LogP contribution in [0, 0.1) is 0 Å². The van der Waals surface area contributed by atoms with E-state index in [1.165, 1.54) is 0 Å². The van der Waals surface area contributed by atoms with E-state index in [9.17, 15) is 9.90 Å². The van der Waals surface area contributed by atoms with E-state index in [0.717, 1.165) is 11.3 Å². The molecule has 0 fully saturated rings. The van der Waals surface area contributed by atoms with Crippen LogP contribution >= 0.6 is 0 Å². The van der Waals surface area contributed by atoms with Crippen LogP contribution in [0.1, 0.15) is 26.3 Å².